The van der Waals surface area contributed by atoms with Crippen molar-refractivity contribution in [3.8, 4) is 22.6 Å². The molecule has 0 bridgehead atoms. The summed E-state index contributed by atoms with van der Waals surface area (Å²) in [6.45, 7) is 15.8. The maximum Gasteiger partial charge on any atom is 0.408 e. The number of ether oxygens (including phenoxy) is 12. The minimum Gasteiger partial charge on any atom is -0.487 e. The zero-order valence-corrected chi connectivity index (χ0v) is 57.1. The van der Waals surface area contributed by atoms with E-state index in [2.05, 4.69) is 87.4 Å². The second-order valence-corrected chi connectivity index (χ2v) is 26.3. The van der Waals surface area contributed by atoms with Gasteiger partial charge in [0.2, 0.25) is 0 Å². The van der Waals surface area contributed by atoms with Crippen LogP contribution in [0.15, 0.2) is 106 Å². The number of benzene rings is 4. The van der Waals surface area contributed by atoms with Crippen LogP contribution in [0.5, 0.6) is 11.5 Å². The van der Waals surface area contributed by atoms with Crippen molar-refractivity contribution in [1.29, 1.82) is 0 Å². The fourth-order valence-electron chi connectivity index (χ4n) is 11.5. The van der Waals surface area contributed by atoms with Crippen molar-refractivity contribution >= 4 is 79.9 Å². The highest BCUT2D eigenvalue weighted by Gasteiger charge is 2.55. The van der Waals surface area contributed by atoms with Gasteiger partial charge in [-0.3, -0.25) is 28.8 Å². The smallest absolute Gasteiger partial charge is 0.408 e. The van der Waals surface area contributed by atoms with Gasteiger partial charge in [-0.15, -0.1) is 10.2 Å². The van der Waals surface area contributed by atoms with Gasteiger partial charge >= 0.3 is 48.0 Å². The molecule has 506 valence electrons. The number of esters is 6. The zero-order valence-electron chi connectivity index (χ0n) is 53.9. The SMILES string of the molecule is CC(=O)OC[C@H]1O[C@@H](n2cc(COc3ccc(C4(c5ccc(OCc6cn([C@@H]7O[C@H](COC(C)=O)[C@@H](OC(C)=O)[C@H](OC(C)=O)[C@H]7NC(=O)OC(C)(C)C)nn6)cc5)c5cc(Br)ccc5-c5ccc(Br)cc54)cc3)nn2)[C@H](NC(=O)OC(C)(C)C)[C@@H](OC(C)=O)[C@@H]1OC(C)=O. The van der Waals surface area contributed by atoms with Gasteiger partial charge in [-0.25, -0.2) is 19.0 Å². The third kappa shape index (κ3) is 17.1. The molecule has 2 amide bonds. The van der Waals surface area contributed by atoms with Gasteiger partial charge in [0.15, 0.2) is 36.9 Å². The third-order valence-corrected chi connectivity index (χ3v) is 15.8. The molecule has 2 N–H and O–H groups in total. The molecule has 2 fully saturated rings. The molecule has 95 heavy (non-hydrogen) atoms. The lowest BCUT2D eigenvalue weighted by molar-refractivity contribution is -0.238. The first-order valence-electron chi connectivity index (χ1n) is 30.0. The number of aromatic nitrogens is 6. The maximum atomic E-state index is 13.4. The first kappa shape index (κ1) is 70.3. The summed E-state index contributed by atoms with van der Waals surface area (Å²) in [6, 6.07) is 25.0. The van der Waals surface area contributed by atoms with Gasteiger partial charge in [-0.05, 0) is 123 Å². The molecule has 1 aliphatic carbocycles. The fraction of sp³-hybridized carbons (Fsp3) is 0.446. The van der Waals surface area contributed by atoms with Crippen LogP contribution in [0.3, 0.4) is 0 Å². The number of amides is 2. The summed E-state index contributed by atoms with van der Waals surface area (Å²) in [5.74, 6) is -3.50. The van der Waals surface area contributed by atoms with E-state index in [9.17, 15) is 38.4 Å². The quantitative estimate of drug-likeness (QED) is 0.0534. The Hall–Kier alpha value is -9.00. The van der Waals surface area contributed by atoms with Crippen molar-refractivity contribution < 1.29 is 95.2 Å². The normalized spacial score (nSPS) is 21.9. The average Bonchev–Trinajstić information content (AvgIpc) is 1.55. The molecule has 4 heterocycles. The van der Waals surface area contributed by atoms with E-state index in [0.29, 0.717) is 22.9 Å². The van der Waals surface area contributed by atoms with Gasteiger partial charge in [-0.1, -0.05) is 78.7 Å². The maximum absolute atomic E-state index is 13.4. The summed E-state index contributed by atoms with van der Waals surface area (Å²) in [6.07, 6.45) is -9.43. The van der Waals surface area contributed by atoms with E-state index < -0.39 is 139 Å². The number of hydrogen-bond acceptors (Lipinski definition) is 24. The molecule has 28 nitrogen and oxygen atoms in total. The Balaban J connectivity index is 0.985. The van der Waals surface area contributed by atoms with Crippen molar-refractivity contribution in [2.75, 3.05) is 13.2 Å². The molecule has 6 aromatic rings. The summed E-state index contributed by atoms with van der Waals surface area (Å²) in [5, 5.41) is 22.7. The molecule has 0 saturated carbocycles. The van der Waals surface area contributed by atoms with Gasteiger partial charge in [0.1, 0.15) is 84.8 Å². The van der Waals surface area contributed by atoms with Gasteiger partial charge < -0.3 is 67.5 Å². The predicted octanol–water partition coefficient (Wildman–Crippen LogP) is 8.35. The Kier molecular flexibility index (Phi) is 21.7. The predicted molar refractivity (Wildman–Crippen MR) is 337 cm³/mol. The van der Waals surface area contributed by atoms with Crippen LogP contribution in [-0.2, 0) is 94.8 Å². The van der Waals surface area contributed by atoms with Crippen molar-refractivity contribution in [3.05, 3.63) is 140 Å². The van der Waals surface area contributed by atoms with E-state index in [0.717, 1.165) is 70.0 Å². The second kappa shape index (κ2) is 29.3. The molecular weight excluding hydrogens is 1370 g/mol. The Morgan fingerprint density at radius 1 is 0.495 bits per heavy atom. The van der Waals surface area contributed by atoms with Crippen LogP contribution < -0.4 is 20.1 Å². The van der Waals surface area contributed by atoms with Crippen molar-refractivity contribution in [2.45, 2.75) is 174 Å². The Bertz CT molecular complexity index is 3590. The van der Waals surface area contributed by atoms with E-state index >= 15 is 0 Å². The van der Waals surface area contributed by atoms with E-state index in [1.165, 1.54) is 35.6 Å². The molecule has 30 heteroatoms. The van der Waals surface area contributed by atoms with E-state index in [1.54, 1.807) is 41.5 Å². The van der Waals surface area contributed by atoms with E-state index in [1.807, 2.05) is 60.7 Å². The monoisotopic (exact) mass is 1440 g/mol. The molecule has 9 rings (SSSR count). The molecular formula is C65H72Br2N8O20. The number of halogens is 2. The lowest BCUT2D eigenvalue weighted by atomic mass is 9.67. The molecule has 2 aliphatic heterocycles. The standard InChI is InChI=1S/C65H72Br2N8O20/c1-33(76)84-31-51-55(88-35(3)78)57(90-37(5)80)53(68-61(82)94-63(7,8)9)59(92-51)74-27-43(70-72-74)29-86-45-19-13-39(14-20-45)65(49-25-41(66)17-23-47(49)48-24-18-42(67)26-50(48)65)40-15-21-46(22-16-40)87-30-44-28-75(73-71-44)60-54(69-62(83)95-64(10,11)12)58(91-38(6)81)56(89-36(4)79)52(93-60)32-85-34(2)77/h13-28,51-60H,29-32H2,1-12H3,(H,68,82)(H,69,83)/t51-,52-,53-,54-,55-,56-,57-,58-,59-,60-/m1/s1. The van der Waals surface area contributed by atoms with Gasteiger partial charge in [0.25, 0.3) is 0 Å². The highest BCUT2D eigenvalue weighted by Crippen LogP contribution is 2.57. The second-order valence-electron chi connectivity index (χ2n) is 24.5. The van der Waals surface area contributed by atoms with Crippen LogP contribution in [0.2, 0.25) is 0 Å². The summed E-state index contributed by atoms with van der Waals surface area (Å²) in [5.41, 5.74) is 3.54. The van der Waals surface area contributed by atoms with Crippen molar-refractivity contribution in [2.24, 2.45) is 0 Å². The van der Waals surface area contributed by atoms with Gasteiger partial charge in [0.05, 0.1) is 17.8 Å². The first-order valence-corrected chi connectivity index (χ1v) is 31.6. The summed E-state index contributed by atoms with van der Waals surface area (Å²) in [4.78, 5) is 101. The number of nitrogens with zero attached hydrogens (tertiary/aromatic N) is 6. The number of nitrogens with one attached hydrogen (secondary N) is 2. The minimum atomic E-state index is -1.41. The summed E-state index contributed by atoms with van der Waals surface area (Å²) >= 11 is 7.52. The number of carbonyl (C=O) groups is 8. The van der Waals surface area contributed by atoms with Crippen molar-refractivity contribution in [3.63, 3.8) is 0 Å². The molecule has 4 aromatic carbocycles. The highest BCUT2D eigenvalue weighted by molar-refractivity contribution is 9.10. The topological polar surface area (TPSA) is 333 Å². The van der Waals surface area contributed by atoms with E-state index in [4.69, 9.17) is 56.8 Å². The Morgan fingerprint density at radius 3 is 1.17 bits per heavy atom. The zero-order chi connectivity index (χ0) is 68.8. The van der Waals surface area contributed by atoms with Crippen LogP contribution in [0.25, 0.3) is 11.1 Å². The van der Waals surface area contributed by atoms with Crippen molar-refractivity contribution in [1.82, 2.24) is 40.6 Å². The number of alkyl carbamates (subject to hydrolysis) is 2. The Morgan fingerprint density at radius 2 is 0.842 bits per heavy atom. The summed E-state index contributed by atoms with van der Waals surface area (Å²) < 4.78 is 74.1. The lowest BCUT2D eigenvalue weighted by Crippen LogP contribution is -2.64. The summed E-state index contributed by atoms with van der Waals surface area (Å²) in [7, 11) is 0. The molecule has 10 atom stereocenters. The lowest BCUT2D eigenvalue weighted by Gasteiger charge is -2.45. The third-order valence-electron chi connectivity index (χ3n) is 14.9. The average molecular weight is 1450 g/mol. The molecule has 3 aliphatic rings. The number of rotatable bonds is 20. The number of fused-ring (bicyclic) bond motifs is 3. The van der Waals surface area contributed by atoms with Gasteiger partial charge in [-0.2, -0.15) is 0 Å². The fourth-order valence-corrected chi connectivity index (χ4v) is 12.2. The molecule has 2 aromatic heterocycles. The molecule has 0 spiro atoms. The number of hydrogen-bond donors (Lipinski definition) is 2. The van der Waals surface area contributed by atoms with Crippen LogP contribution in [0, 0.1) is 0 Å². The van der Waals surface area contributed by atoms with Crippen LogP contribution in [0.1, 0.15) is 129 Å². The van der Waals surface area contributed by atoms with Gasteiger partial charge in [0, 0.05) is 50.5 Å². The van der Waals surface area contributed by atoms with Crippen LogP contribution in [0.4, 0.5) is 9.59 Å². The molecule has 0 unspecified atom stereocenters. The first-order chi connectivity index (χ1) is 44.8. The number of carbonyl (C=O) groups excluding carboxylic acids is 8. The van der Waals surface area contributed by atoms with Crippen LogP contribution >= 0.6 is 31.9 Å². The largest absolute Gasteiger partial charge is 0.487 e. The Labute approximate surface area is 562 Å². The van der Waals surface area contributed by atoms with Crippen LogP contribution in [-0.4, -0.2) is 151 Å². The highest BCUT2D eigenvalue weighted by atomic mass is 79.9. The minimum absolute atomic E-state index is 0.113. The molecule has 0 radical (unpaired) electrons. The molecule has 2 saturated heterocycles. The van der Waals surface area contributed by atoms with E-state index in [-0.39, 0.29) is 13.2 Å².